The summed E-state index contributed by atoms with van der Waals surface area (Å²) in [6.45, 7) is 1.20. The van der Waals surface area contributed by atoms with Crippen molar-refractivity contribution in [3.05, 3.63) is 48.4 Å². The highest BCUT2D eigenvalue weighted by Gasteiger charge is 2.23. The first kappa shape index (κ1) is 24.5. The predicted octanol–water partition coefficient (Wildman–Crippen LogP) is 5.66. The third-order valence-electron chi connectivity index (χ3n) is 6.28. The number of benzene rings is 1. The molecule has 2 heterocycles. The molecule has 0 aliphatic heterocycles. The zero-order chi connectivity index (χ0) is 23.9. The molecule has 1 saturated carbocycles. The molecular weight excluding hydrogens is 451 g/mol. The fourth-order valence-electron chi connectivity index (χ4n) is 4.62. The van der Waals surface area contributed by atoms with Gasteiger partial charge in [-0.2, -0.15) is 0 Å². The fourth-order valence-corrected chi connectivity index (χ4v) is 5.33. The lowest BCUT2D eigenvalue weighted by atomic mass is 10.0. The molecule has 1 unspecified atom stereocenters. The van der Waals surface area contributed by atoms with Crippen LogP contribution in [-0.4, -0.2) is 44.8 Å². The number of anilines is 1. The van der Waals surface area contributed by atoms with E-state index in [0.29, 0.717) is 30.0 Å². The zero-order valence-electron chi connectivity index (χ0n) is 19.9. The third-order valence-corrected chi connectivity index (χ3v) is 7.10. The summed E-state index contributed by atoms with van der Waals surface area (Å²) in [6, 6.07) is 10.7. The van der Waals surface area contributed by atoms with Crippen molar-refractivity contribution in [1.29, 1.82) is 0 Å². The SMILES string of the molecule is COCCCn1c(S(C)=O)nc(-c2ccc(F)cc2)c1-c1ccnc(NC2CCCCCC2)c1. The van der Waals surface area contributed by atoms with E-state index in [1.165, 1.54) is 37.8 Å². The lowest BCUT2D eigenvalue weighted by molar-refractivity contribution is 0.189. The van der Waals surface area contributed by atoms with Crippen molar-refractivity contribution in [2.45, 2.75) is 62.7 Å². The first-order valence-corrected chi connectivity index (χ1v) is 13.5. The standard InChI is InChI=1S/C26H33FN4O2S/c1-33-17-7-16-31-25(24(30-26(31)34(2)32)19-10-12-21(27)13-11-19)20-14-15-28-23(18-20)29-22-8-5-3-4-6-9-22/h10-15,18,22H,3-9,16-17H2,1-2H3,(H,28,29). The first-order valence-electron chi connectivity index (χ1n) is 12.0. The number of hydrogen-bond acceptors (Lipinski definition) is 5. The molecule has 1 N–H and O–H groups in total. The van der Waals surface area contributed by atoms with Gasteiger partial charge in [0.25, 0.3) is 0 Å². The van der Waals surface area contributed by atoms with Crippen LogP contribution in [0, 0.1) is 5.82 Å². The van der Waals surface area contributed by atoms with E-state index in [1.54, 1.807) is 31.7 Å². The van der Waals surface area contributed by atoms with Crippen LogP contribution in [0.4, 0.5) is 10.2 Å². The van der Waals surface area contributed by atoms with Crippen molar-refractivity contribution in [2.24, 2.45) is 0 Å². The average Bonchev–Trinajstić information content (AvgIpc) is 3.02. The number of hydrogen-bond donors (Lipinski definition) is 1. The highest BCUT2D eigenvalue weighted by Crippen LogP contribution is 2.35. The van der Waals surface area contributed by atoms with Gasteiger partial charge in [0.05, 0.1) is 22.2 Å². The van der Waals surface area contributed by atoms with Gasteiger partial charge in [0.15, 0.2) is 5.16 Å². The van der Waals surface area contributed by atoms with Crippen LogP contribution in [-0.2, 0) is 22.1 Å². The monoisotopic (exact) mass is 484 g/mol. The summed E-state index contributed by atoms with van der Waals surface area (Å²) >= 11 is 0. The van der Waals surface area contributed by atoms with Crippen molar-refractivity contribution >= 4 is 16.6 Å². The van der Waals surface area contributed by atoms with Gasteiger partial charge in [0, 0.05) is 49.9 Å². The Bertz CT molecular complexity index is 1110. The van der Waals surface area contributed by atoms with Gasteiger partial charge in [0.1, 0.15) is 11.6 Å². The summed E-state index contributed by atoms with van der Waals surface area (Å²) in [4.78, 5) is 9.36. The molecule has 0 spiro atoms. The molecule has 2 aromatic heterocycles. The molecule has 34 heavy (non-hydrogen) atoms. The Labute approximate surface area is 203 Å². The van der Waals surface area contributed by atoms with Crippen LogP contribution in [0.2, 0.25) is 0 Å². The Hall–Kier alpha value is -2.58. The van der Waals surface area contributed by atoms with Gasteiger partial charge in [-0.25, -0.2) is 14.4 Å². The second-order valence-corrected chi connectivity index (χ2v) is 10.1. The molecule has 182 valence electrons. The van der Waals surface area contributed by atoms with E-state index >= 15 is 0 Å². The van der Waals surface area contributed by atoms with E-state index in [2.05, 4.69) is 10.3 Å². The minimum atomic E-state index is -1.29. The third kappa shape index (κ3) is 5.91. The largest absolute Gasteiger partial charge is 0.385 e. The van der Waals surface area contributed by atoms with Crippen LogP contribution < -0.4 is 5.32 Å². The minimum absolute atomic E-state index is 0.303. The summed E-state index contributed by atoms with van der Waals surface area (Å²) in [5, 5.41) is 4.13. The minimum Gasteiger partial charge on any atom is -0.385 e. The van der Waals surface area contributed by atoms with Gasteiger partial charge in [-0.05, 0) is 55.7 Å². The number of ether oxygens (including phenoxy) is 1. The second-order valence-electron chi connectivity index (χ2n) is 8.81. The zero-order valence-corrected chi connectivity index (χ0v) is 20.7. The van der Waals surface area contributed by atoms with Crippen molar-refractivity contribution in [1.82, 2.24) is 14.5 Å². The maximum atomic E-state index is 13.6. The molecule has 4 rings (SSSR count). The number of imidazole rings is 1. The van der Waals surface area contributed by atoms with Gasteiger partial charge < -0.3 is 14.6 Å². The molecule has 3 aromatic rings. The van der Waals surface area contributed by atoms with Crippen LogP contribution in [0.3, 0.4) is 0 Å². The summed E-state index contributed by atoms with van der Waals surface area (Å²) in [6.07, 6.45) is 11.6. The molecule has 8 heteroatoms. The Morgan fingerprint density at radius 2 is 1.85 bits per heavy atom. The molecule has 0 saturated heterocycles. The smallest absolute Gasteiger partial charge is 0.199 e. The van der Waals surface area contributed by atoms with Gasteiger partial charge in [-0.3, -0.25) is 4.21 Å². The molecular formula is C26H33FN4O2S. The Morgan fingerprint density at radius 3 is 2.53 bits per heavy atom. The van der Waals surface area contributed by atoms with E-state index in [0.717, 1.165) is 41.9 Å². The molecule has 1 aliphatic rings. The number of nitrogens with one attached hydrogen (secondary N) is 1. The van der Waals surface area contributed by atoms with Gasteiger partial charge in [0.2, 0.25) is 0 Å². The number of rotatable bonds is 9. The molecule has 1 fully saturated rings. The first-order chi connectivity index (χ1) is 16.6. The highest BCUT2D eigenvalue weighted by molar-refractivity contribution is 7.84. The van der Waals surface area contributed by atoms with Gasteiger partial charge in [-0.15, -0.1) is 0 Å². The summed E-state index contributed by atoms with van der Waals surface area (Å²) in [5.41, 5.74) is 3.27. The molecule has 1 atom stereocenters. The summed E-state index contributed by atoms with van der Waals surface area (Å²) in [5.74, 6) is 0.529. The van der Waals surface area contributed by atoms with E-state index in [4.69, 9.17) is 9.72 Å². The number of pyridine rings is 1. The van der Waals surface area contributed by atoms with Crippen LogP contribution in [0.15, 0.2) is 47.8 Å². The molecule has 1 aromatic carbocycles. The molecule has 6 nitrogen and oxygen atoms in total. The topological polar surface area (TPSA) is 69.0 Å². The molecule has 0 amide bonds. The number of halogens is 1. The molecule has 0 bridgehead atoms. The Kier molecular flexibility index (Phi) is 8.45. The van der Waals surface area contributed by atoms with Crippen molar-refractivity contribution in [2.75, 3.05) is 25.3 Å². The fraction of sp³-hybridized carbons (Fsp3) is 0.462. The lowest BCUT2D eigenvalue weighted by Crippen LogP contribution is -2.19. The van der Waals surface area contributed by atoms with Crippen LogP contribution in [0.25, 0.3) is 22.5 Å². The van der Waals surface area contributed by atoms with Crippen LogP contribution in [0.1, 0.15) is 44.9 Å². The molecule has 0 radical (unpaired) electrons. The maximum absolute atomic E-state index is 13.6. The summed E-state index contributed by atoms with van der Waals surface area (Å²) < 4.78 is 33.6. The Morgan fingerprint density at radius 1 is 1.12 bits per heavy atom. The Balaban J connectivity index is 1.78. The predicted molar refractivity (Wildman–Crippen MR) is 135 cm³/mol. The van der Waals surface area contributed by atoms with Gasteiger partial charge in [-0.1, -0.05) is 25.7 Å². The number of aromatic nitrogens is 3. The molecule has 1 aliphatic carbocycles. The lowest BCUT2D eigenvalue weighted by Gasteiger charge is -2.18. The maximum Gasteiger partial charge on any atom is 0.199 e. The van der Waals surface area contributed by atoms with E-state index in [-0.39, 0.29) is 5.82 Å². The number of methoxy groups -OCH3 is 1. The second kappa shape index (κ2) is 11.7. The van der Waals surface area contributed by atoms with E-state index in [1.807, 2.05) is 16.7 Å². The van der Waals surface area contributed by atoms with Crippen LogP contribution in [0.5, 0.6) is 0 Å². The number of nitrogens with zero attached hydrogens (tertiary/aromatic N) is 3. The highest BCUT2D eigenvalue weighted by atomic mass is 32.2. The van der Waals surface area contributed by atoms with Crippen LogP contribution >= 0.6 is 0 Å². The summed E-state index contributed by atoms with van der Waals surface area (Å²) in [7, 11) is 0.378. The van der Waals surface area contributed by atoms with E-state index < -0.39 is 10.8 Å². The van der Waals surface area contributed by atoms with Crippen molar-refractivity contribution in [3.8, 4) is 22.5 Å². The normalized spacial score (nSPS) is 15.7. The van der Waals surface area contributed by atoms with Crippen molar-refractivity contribution in [3.63, 3.8) is 0 Å². The quantitative estimate of drug-likeness (QED) is 0.314. The average molecular weight is 485 g/mol. The van der Waals surface area contributed by atoms with E-state index in [9.17, 15) is 8.60 Å². The van der Waals surface area contributed by atoms with Gasteiger partial charge >= 0.3 is 0 Å². The van der Waals surface area contributed by atoms with Crippen molar-refractivity contribution < 1.29 is 13.3 Å².